The molecule has 0 N–H and O–H groups in total. The van der Waals surface area contributed by atoms with Crippen molar-refractivity contribution in [1.82, 2.24) is 0 Å². The Bertz CT molecular complexity index is 943. The van der Waals surface area contributed by atoms with Crippen LogP contribution in [0, 0.1) is 16.0 Å². The van der Waals surface area contributed by atoms with Crippen LogP contribution in [-0.4, -0.2) is 28.5 Å². The molecule has 4 rings (SSSR count). The highest BCUT2D eigenvalue weighted by Gasteiger charge is 2.45. The Morgan fingerprint density at radius 1 is 1.13 bits per heavy atom. The lowest BCUT2D eigenvalue weighted by molar-refractivity contribution is -0.385. The van der Waals surface area contributed by atoms with E-state index < -0.39 is 22.7 Å². The average Bonchev–Trinajstić information content (AvgIpc) is 2.73. The van der Waals surface area contributed by atoms with Crippen LogP contribution < -0.4 is 0 Å². The minimum Gasteiger partial charge on any atom is -0.462 e. The van der Waals surface area contributed by atoms with Gasteiger partial charge in [-0.3, -0.25) is 24.7 Å². The third-order valence-electron chi connectivity index (χ3n) is 6.39. The van der Waals surface area contributed by atoms with Gasteiger partial charge in [0.05, 0.1) is 4.92 Å². The van der Waals surface area contributed by atoms with Crippen molar-refractivity contribution < 1.29 is 19.2 Å². The van der Waals surface area contributed by atoms with Gasteiger partial charge in [0.15, 0.2) is 5.78 Å². The van der Waals surface area contributed by atoms with Crippen LogP contribution in [0.5, 0.6) is 0 Å². The molecular weight excluding hydrogens is 384 g/mol. The first kappa shape index (κ1) is 20.4. The van der Waals surface area contributed by atoms with Crippen LogP contribution in [0.25, 0.3) is 0 Å². The smallest absolute Gasteiger partial charge is 0.315 e. The van der Waals surface area contributed by atoms with Crippen LogP contribution >= 0.6 is 0 Å². The second-order valence-corrected chi connectivity index (χ2v) is 8.36. The largest absolute Gasteiger partial charge is 0.462 e. The van der Waals surface area contributed by atoms with Crippen LogP contribution in [0.15, 0.2) is 40.5 Å². The minimum absolute atomic E-state index is 0.0777. The Balaban J connectivity index is 1.79. The molecule has 0 amide bonds. The Kier molecular flexibility index (Phi) is 5.79. The van der Waals surface area contributed by atoms with Crippen LogP contribution in [-0.2, 0) is 14.3 Å². The molecule has 7 heteroatoms. The number of hydrogen-bond donors (Lipinski definition) is 0. The molecule has 3 aliphatic rings. The van der Waals surface area contributed by atoms with Crippen molar-refractivity contribution in [3.05, 3.63) is 51.2 Å². The van der Waals surface area contributed by atoms with Crippen LogP contribution in [0.2, 0.25) is 0 Å². The van der Waals surface area contributed by atoms with E-state index in [1.807, 2.05) is 0 Å². The summed E-state index contributed by atoms with van der Waals surface area (Å²) in [7, 11) is 0. The molecule has 1 heterocycles. The Morgan fingerprint density at radius 3 is 2.60 bits per heavy atom. The lowest BCUT2D eigenvalue weighted by Gasteiger charge is -2.35. The second kappa shape index (κ2) is 8.50. The van der Waals surface area contributed by atoms with E-state index in [1.54, 1.807) is 25.1 Å². The highest BCUT2D eigenvalue weighted by molar-refractivity contribution is 6.09. The maximum Gasteiger partial charge on any atom is 0.315 e. The fraction of sp³-hybridized carbons (Fsp3) is 0.522. The number of rotatable bonds is 4. The van der Waals surface area contributed by atoms with Gasteiger partial charge in [-0.25, -0.2) is 0 Å². The van der Waals surface area contributed by atoms with Crippen molar-refractivity contribution in [2.45, 2.75) is 70.3 Å². The first-order valence-corrected chi connectivity index (χ1v) is 10.7. The normalized spacial score (nSPS) is 24.8. The van der Waals surface area contributed by atoms with Gasteiger partial charge in [0.2, 0.25) is 0 Å². The number of allylic oxidation sites excluding steroid dienone is 2. The van der Waals surface area contributed by atoms with E-state index in [9.17, 15) is 19.7 Å². The summed E-state index contributed by atoms with van der Waals surface area (Å²) in [5, 5.41) is 11.7. The van der Waals surface area contributed by atoms with E-state index in [4.69, 9.17) is 4.74 Å². The van der Waals surface area contributed by atoms with E-state index in [-0.39, 0.29) is 17.6 Å². The van der Waals surface area contributed by atoms with E-state index >= 15 is 0 Å². The zero-order chi connectivity index (χ0) is 21.3. The molecule has 0 aromatic heterocycles. The van der Waals surface area contributed by atoms with Crippen molar-refractivity contribution in [1.29, 1.82) is 0 Å². The summed E-state index contributed by atoms with van der Waals surface area (Å²) in [4.78, 5) is 42.1. The van der Waals surface area contributed by atoms with E-state index in [1.165, 1.54) is 6.07 Å². The first-order valence-electron chi connectivity index (χ1n) is 10.7. The van der Waals surface area contributed by atoms with Crippen LogP contribution in [0.1, 0.15) is 69.8 Å². The zero-order valence-electron chi connectivity index (χ0n) is 17.1. The molecule has 0 bridgehead atoms. The third-order valence-corrected chi connectivity index (χ3v) is 6.39. The number of aliphatic imine (C=N–C) groups is 1. The number of esters is 1. The van der Waals surface area contributed by atoms with Gasteiger partial charge in [-0.15, -0.1) is 0 Å². The first-order chi connectivity index (χ1) is 14.5. The zero-order valence-corrected chi connectivity index (χ0v) is 17.1. The molecule has 1 fully saturated rings. The Morgan fingerprint density at radius 2 is 1.87 bits per heavy atom. The molecule has 30 heavy (non-hydrogen) atoms. The number of Topliss-reactive ketones (excluding diaryl/α,β-unsaturated/α-hetero) is 1. The van der Waals surface area contributed by atoms with Gasteiger partial charge in [0.25, 0.3) is 5.69 Å². The standard InChI is InChI=1S/C23H26N2O5/c1-14-20(23(27)30-15-8-3-2-4-9-15)21(16-10-5-6-12-18(16)25(28)29)22-17(24-14)11-7-13-19(22)26/h5-6,10,12,15,20-21H,2-4,7-9,11,13H2,1H3/t20?,21-/m1/s1. The molecule has 1 aromatic rings. The summed E-state index contributed by atoms with van der Waals surface area (Å²) in [6.07, 6.45) is 6.43. The van der Waals surface area contributed by atoms with Crippen molar-refractivity contribution in [2.24, 2.45) is 10.9 Å². The molecule has 1 saturated carbocycles. The van der Waals surface area contributed by atoms with Gasteiger partial charge in [-0.05, 0) is 45.4 Å². The fourth-order valence-electron chi connectivity index (χ4n) is 4.99. The third kappa shape index (κ3) is 3.80. The summed E-state index contributed by atoms with van der Waals surface area (Å²) in [6, 6.07) is 6.38. The van der Waals surface area contributed by atoms with Crippen molar-refractivity contribution in [3.63, 3.8) is 0 Å². The SMILES string of the molecule is CC1=NC2=C(C(=O)CCC2)[C@H](c2ccccc2[N+](=O)[O-])C1C(=O)OC1CCCCC1. The average molecular weight is 410 g/mol. The summed E-state index contributed by atoms with van der Waals surface area (Å²) in [5.74, 6) is -2.07. The molecule has 2 atom stereocenters. The number of carbonyl (C=O) groups is 2. The Labute approximate surface area is 175 Å². The number of ether oxygens (including phenoxy) is 1. The monoisotopic (exact) mass is 410 g/mol. The molecule has 1 aliphatic heterocycles. The number of hydrogen-bond acceptors (Lipinski definition) is 6. The molecule has 2 aliphatic carbocycles. The highest BCUT2D eigenvalue weighted by Crippen LogP contribution is 2.46. The molecule has 0 spiro atoms. The molecule has 1 unspecified atom stereocenters. The van der Waals surface area contributed by atoms with Gasteiger partial charge in [-0.1, -0.05) is 24.6 Å². The summed E-state index contributed by atoms with van der Waals surface area (Å²) in [6.45, 7) is 1.76. The molecular formula is C23H26N2O5. The number of benzene rings is 1. The van der Waals surface area contributed by atoms with E-state index in [0.29, 0.717) is 41.8 Å². The summed E-state index contributed by atoms with van der Waals surface area (Å²) < 4.78 is 5.84. The van der Waals surface area contributed by atoms with E-state index in [0.717, 1.165) is 32.1 Å². The maximum absolute atomic E-state index is 13.3. The maximum atomic E-state index is 13.3. The summed E-state index contributed by atoms with van der Waals surface area (Å²) >= 11 is 0. The second-order valence-electron chi connectivity index (χ2n) is 8.36. The molecule has 1 aromatic carbocycles. The van der Waals surface area contributed by atoms with Gasteiger partial charge < -0.3 is 4.74 Å². The van der Waals surface area contributed by atoms with Crippen LogP contribution in [0.4, 0.5) is 5.69 Å². The number of nitro benzene ring substituents is 1. The highest BCUT2D eigenvalue weighted by atomic mass is 16.6. The molecule has 158 valence electrons. The van der Waals surface area contributed by atoms with Crippen LogP contribution in [0.3, 0.4) is 0 Å². The summed E-state index contributed by atoms with van der Waals surface area (Å²) in [5.41, 5.74) is 1.97. The number of nitrogens with zero attached hydrogens (tertiary/aromatic N) is 2. The van der Waals surface area contributed by atoms with Crippen molar-refractivity contribution >= 4 is 23.2 Å². The molecule has 0 saturated heterocycles. The minimum atomic E-state index is -0.825. The number of ketones is 1. The number of carbonyl (C=O) groups excluding carboxylic acids is 2. The van der Waals surface area contributed by atoms with Gasteiger partial charge in [-0.2, -0.15) is 0 Å². The van der Waals surface area contributed by atoms with Gasteiger partial charge >= 0.3 is 5.97 Å². The van der Waals surface area contributed by atoms with Gasteiger partial charge in [0.1, 0.15) is 12.0 Å². The Hall–Kier alpha value is -2.83. The van der Waals surface area contributed by atoms with E-state index in [2.05, 4.69) is 4.99 Å². The quantitative estimate of drug-likeness (QED) is 0.409. The van der Waals surface area contributed by atoms with Crippen molar-refractivity contribution in [3.8, 4) is 0 Å². The lowest BCUT2D eigenvalue weighted by atomic mass is 9.71. The predicted octanol–water partition coefficient (Wildman–Crippen LogP) is 4.65. The molecule has 0 radical (unpaired) electrons. The topological polar surface area (TPSA) is 98.9 Å². The molecule has 7 nitrogen and oxygen atoms in total. The van der Waals surface area contributed by atoms with Crippen molar-refractivity contribution in [2.75, 3.05) is 0 Å². The predicted molar refractivity (Wildman–Crippen MR) is 111 cm³/mol. The number of para-hydroxylation sites is 1. The van der Waals surface area contributed by atoms with Gasteiger partial charge in [0, 0.05) is 41.0 Å². The number of nitro groups is 1. The lowest BCUT2D eigenvalue weighted by Crippen LogP contribution is -2.39. The fourth-order valence-corrected chi connectivity index (χ4v) is 4.99.